The van der Waals surface area contributed by atoms with E-state index in [1.807, 2.05) is 29.6 Å². The summed E-state index contributed by atoms with van der Waals surface area (Å²) in [6, 6.07) is 15.4. The summed E-state index contributed by atoms with van der Waals surface area (Å²) in [5.41, 5.74) is 2.56. The largest absolute Gasteiger partial charge is 0.497 e. The van der Waals surface area contributed by atoms with Crippen molar-refractivity contribution in [1.29, 1.82) is 0 Å². The normalized spacial score (nSPS) is 13.6. The molecule has 3 aromatic rings. The zero-order valence-corrected chi connectivity index (χ0v) is 17.4. The number of nitrogens with one attached hydrogen (secondary N) is 1. The average Bonchev–Trinajstić information content (AvgIpc) is 3.27. The number of ether oxygens (including phenoxy) is 1. The van der Waals surface area contributed by atoms with E-state index in [1.54, 1.807) is 23.1 Å². The number of hydrogen-bond acceptors (Lipinski definition) is 5. The third-order valence-electron chi connectivity index (χ3n) is 4.86. The Bertz CT molecular complexity index is 1120. The van der Waals surface area contributed by atoms with Gasteiger partial charge in [-0.2, -0.15) is 0 Å². The molecule has 2 aromatic carbocycles. The SMILES string of the molecule is COc1ccc(S(=O)(=O)Nc2ccc3c(c2)CN(C(=O)c2cccs2)CC3)cc1. The number of anilines is 1. The summed E-state index contributed by atoms with van der Waals surface area (Å²) in [5.74, 6) is 0.600. The summed E-state index contributed by atoms with van der Waals surface area (Å²) in [6.45, 7) is 1.12. The van der Waals surface area contributed by atoms with Gasteiger partial charge in [0.05, 0.1) is 16.9 Å². The van der Waals surface area contributed by atoms with Crippen LogP contribution in [0.15, 0.2) is 64.9 Å². The number of nitrogens with zero attached hydrogens (tertiary/aromatic N) is 1. The third-order valence-corrected chi connectivity index (χ3v) is 7.11. The van der Waals surface area contributed by atoms with Gasteiger partial charge < -0.3 is 9.64 Å². The fourth-order valence-electron chi connectivity index (χ4n) is 3.32. The van der Waals surface area contributed by atoms with Crippen molar-refractivity contribution in [1.82, 2.24) is 4.90 Å². The highest BCUT2D eigenvalue weighted by molar-refractivity contribution is 7.92. The molecular formula is C21H20N2O4S2. The lowest BCUT2D eigenvalue weighted by atomic mass is 9.99. The topological polar surface area (TPSA) is 75.7 Å². The standard InChI is InChI=1S/C21H20N2O4S2/c1-27-18-6-8-19(9-7-18)29(25,26)22-17-5-4-15-10-11-23(14-16(15)13-17)21(24)20-3-2-12-28-20/h2-9,12-13,22H,10-11,14H2,1H3. The van der Waals surface area contributed by atoms with Gasteiger partial charge in [-0.1, -0.05) is 12.1 Å². The van der Waals surface area contributed by atoms with Gasteiger partial charge in [-0.05, 0) is 65.4 Å². The second-order valence-corrected chi connectivity index (χ2v) is 9.35. The molecule has 0 aliphatic carbocycles. The number of thiophene rings is 1. The molecule has 29 heavy (non-hydrogen) atoms. The quantitative estimate of drug-likeness (QED) is 0.671. The van der Waals surface area contributed by atoms with Crippen LogP contribution in [0.2, 0.25) is 0 Å². The molecule has 0 saturated carbocycles. The van der Waals surface area contributed by atoms with Crippen molar-refractivity contribution in [3.05, 3.63) is 76.0 Å². The molecule has 2 heterocycles. The maximum atomic E-state index is 12.7. The van der Waals surface area contributed by atoms with E-state index < -0.39 is 10.0 Å². The van der Waals surface area contributed by atoms with E-state index in [9.17, 15) is 13.2 Å². The van der Waals surface area contributed by atoms with Crippen molar-refractivity contribution >= 4 is 33.0 Å². The van der Waals surface area contributed by atoms with Gasteiger partial charge in [0, 0.05) is 18.8 Å². The van der Waals surface area contributed by atoms with Crippen LogP contribution in [-0.2, 0) is 23.0 Å². The predicted octanol–water partition coefficient (Wildman–Crippen LogP) is 3.76. The summed E-state index contributed by atoms with van der Waals surface area (Å²) < 4.78 is 33.1. The summed E-state index contributed by atoms with van der Waals surface area (Å²) in [5, 5.41) is 1.89. The van der Waals surface area contributed by atoms with Crippen LogP contribution < -0.4 is 9.46 Å². The Morgan fingerprint density at radius 2 is 1.90 bits per heavy atom. The van der Waals surface area contributed by atoms with E-state index in [0.717, 1.165) is 17.5 Å². The van der Waals surface area contributed by atoms with Gasteiger partial charge in [0.15, 0.2) is 0 Å². The minimum absolute atomic E-state index is 0.00914. The molecule has 4 rings (SSSR count). The zero-order valence-electron chi connectivity index (χ0n) is 15.8. The predicted molar refractivity (Wildman–Crippen MR) is 113 cm³/mol. The zero-order chi connectivity index (χ0) is 20.4. The van der Waals surface area contributed by atoms with Crippen LogP contribution >= 0.6 is 11.3 Å². The fourth-order valence-corrected chi connectivity index (χ4v) is 5.06. The molecule has 0 radical (unpaired) electrons. The first-order valence-electron chi connectivity index (χ1n) is 9.08. The van der Waals surface area contributed by atoms with Crippen molar-refractivity contribution in [2.75, 3.05) is 18.4 Å². The Labute approximate surface area is 173 Å². The van der Waals surface area contributed by atoms with E-state index in [0.29, 0.717) is 29.4 Å². The molecule has 1 aromatic heterocycles. The summed E-state index contributed by atoms with van der Waals surface area (Å²) in [6.07, 6.45) is 0.748. The highest BCUT2D eigenvalue weighted by Crippen LogP contribution is 2.26. The third kappa shape index (κ3) is 4.13. The second-order valence-electron chi connectivity index (χ2n) is 6.72. The highest BCUT2D eigenvalue weighted by Gasteiger charge is 2.23. The number of fused-ring (bicyclic) bond motifs is 1. The lowest BCUT2D eigenvalue weighted by Crippen LogP contribution is -2.35. The van der Waals surface area contributed by atoms with E-state index in [4.69, 9.17) is 4.74 Å². The molecule has 1 amide bonds. The van der Waals surface area contributed by atoms with Gasteiger partial charge in [0.2, 0.25) is 0 Å². The molecule has 150 valence electrons. The monoisotopic (exact) mass is 428 g/mol. The molecule has 0 unspecified atom stereocenters. The molecule has 8 heteroatoms. The van der Waals surface area contributed by atoms with Crippen LogP contribution in [0, 0.1) is 0 Å². The Morgan fingerprint density at radius 3 is 2.59 bits per heavy atom. The average molecular weight is 429 g/mol. The van der Waals surface area contributed by atoms with Crippen LogP contribution in [0.3, 0.4) is 0 Å². The Kier molecular flexibility index (Phi) is 5.29. The number of benzene rings is 2. The van der Waals surface area contributed by atoms with Gasteiger partial charge in [0.25, 0.3) is 15.9 Å². The number of rotatable bonds is 5. The van der Waals surface area contributed by atoms with Crippen LogP contribution in [0.4, 0.5) is 5.69 Å². The molecule has 1 aliphatic heterocycles. The molecule has 1 aliphatic rings. The van der Waals surface area contributed by atoms with Crippen molar-refractivity contribution in [3.8, 4) is 5.75 Å². The Balaban J connectivity index is 1.53. The molecule has 0 bridgehead atoms. The highest BCUT2D eigenvalue weighted by atomic mass is 32.2. The van der Waals surface area contributed by atoms with E-state index in [2.05, 4.69) is 4.72 Å². The summed E-state index contributed by atoms with van der Waals surface area (Å²) in [7, 11) is -2.19. The lowest BCUT2D eigenvalue weighted by Gasteiger charge is -2.29. The number of hydrogen-bond donors (Lipinski definition) is 1. The van der Waals surface area contributed by atoms with Crippen molar-refractivity contribution in [2.24, 2.45) is 0 Å². The fraction of sp³-hybridized carbons (Fsp3) is 0.190. The Morgan fingerprint density at radius 1 is 1.10 bits per heavy atom. The van der Waals surface area contributed by atoms with E-state index in [1.165, 1.54) is 30.6 Å². The maximum Gasteiger partial charge on any atom is 0.264 e. The molecular weight excluding hydrogens is 408 g/mol. The van der Waals surface area contributed by atoms with Gasteiger partial charge in [-0.15, -0.1) is 11.3 Å². The minimum Gasteiger partial charge on any atom is -0.497 e. The first-order valence-corrected chi connectivity index (χ1v) is 11.4. The van der Waals surface area contributed by atoms with Gasteiger partial charge in [-0.25, -0.2) is 8.42 Å². The Hall–Kier alpha value is -2.84. The molecule has 0 atom stereocenters. The van der Waals surface area contributed by atoms with E-state index >= 15 is 0 Å². The summed E-state index contributed by atoms with van der Waals surface area (Å²) >= 11 is 1.43. The van der Waals surface area contributed by atoms with Crippen molar-refractivity contribution < 1.29 is 17.9 Å². The van der Waals surface area contributed by atoms with Gasteiger partial charge in [-0.3, -0.25) is 9.52 Å². The lowest BCUT2D eigenvalue weighted by molar-refractivity contribution is 0.0739. The first-order chi connectivity index (χ1) is 14.0. The molecule has 1 N–H and O–H groups in total. The first kappa shape index (κ1) is 19.5. The molecule has 6 nitrogen and oxygen atoms in total. The van der Waals surface area contributed by atoms with E-state index in [-0.39, 0.29) is 10.8 Å². The molecule has 0 fully saturated rings. The molecule has 0 saturated heterocycles. The van der Waals surface area contributed by atoms with Crippen molar-refractivity contribution in [2.45, 2.75) is 17.9 Å². The number of methoxy groups -OCH3 is 1. The molecule has 0 spiro atoms. The summed E-state index contributed by atoms with van der Waals surface area (Å²) in [4.78, 5) is 15.3. The minimum atomic E-state index is -3.71. The van der Waals surface area contributed by atoms with Crippen LogP contribution in [0.1, 0.15) is 20.8 Å². The van der Waals surface area contributed by atoms with Crippen molar-refractivity contribution in [3.63, 3.8) is 0 Å². The number of carbonyl (C=O) groups is 1. The number of sulfonamides is 1. The smallest absolute Gasteiger partial charge is 0.264 e. The second kappa shape index (κ2) is 7.88. The number of carbonyl (C=O) groups excluding carboxylic acids is 1. The van der Waals surface area contributed by atoms with Gasteiger partial charge >= 0.3 is 0 Å². The van der Waals surface area contributed by atoms with Gasteiger partial charge in [0.1, 0.15) is 5.75 Å². The van der Waals surface area contributed by atoms with Crippen LogP contribution in [-0.4, -0.2) is 32.9 Å². The number of amides is 1. The maximum absolute atomic E-state index is 12.7. The van der Waals surface area contributed by atoms with Crippen LogP contribution in [0.5, 0.6) is 5.75 Å². The van der Waals surface area contributed by atoms with Crippen LogP contribution in [0.25, 0.3) is 0 Å².